The molecule has 0 bridgehead atoms. The highest BCUT2D eigenvalue weighted by molar-refractivity contribution is 8.24. The van der Waals surface area contributed by atoms with Gasteiger partial charge in [0.15, 0.2) is 11.7 Å². The number of hydrogen-bond acceptors (Lipinski definition) is 8. The summed E-state index contributed by atoms with van der Waals surface area (Å²) >= 11 is 6.80. The van der Waals surface area contributed by atoms with Crippen molar-refractivity contribution in [1.29, 1.82) is 0 Å². The Morgan fingerprint density at radius 3 is 2.49 bits per heavy atom. The van der Waals surface area contributed by atoms with Gasteiger partial charge in [-0.25, -0.2) is 13.7 Å². The molecule has 0 spiro atoms. The lowest BCUT2D eigenvalue weighted by atomic mass is 9.86. The molecule has 1 fully saturated rings. The van der Waals surface area contributed by atoms with Gasteiger partial charge in [-0.1, -0.05) is 63.2 Å². The van der Waals surface area contributed by atoms with Gasteiger partial charge in [-0.3, -0.25) is 13.9 Å². The van der Waals surface area contributed by atoms with Crippen molar-refractivity contribution in [3.8, 4) is 11.3 Å². The van der Waals surface area contributed by atoms with E-state index < -0.39 is 16.8 Å². The van der Waals surface area contributed by atoms with Crippen molar-refractivity contribution in [1.82, 2.24) is 14.8 Å². The number of benzene rings is 2. The summed E-state index contributed by atoms with van der Waals surface area (Å²) < 4.78 is 44.6. The molecule has 0 unspecified atom stereocenters. The quantitative estimate of drug-likeness (QED) is 0.211. The lowest BCUT2D eigenvalue weighted by Gasteiger charge is -2.49. The Labute approximate surface area is 258 Å². The Kier molecular flexibility index (Phi) is 7.97. The third-order valence-corrected chi connectivity index (χ3v) is 9.34. The standard InChI is InChI=1S/C31H36ClFN6O3S/c1-7-26(40)37-16-19(3)38(17-18(37)2)30-20-15-22(32)28(27-23(33)12-10-13-24(27)34)35-29(20)39(43(41,42)36-30)25-14-9-8-11-21(25)31(4,5)6/h7-15,18-19,41-42H,1,16-17,34H2,2-6H3/t18-,19+/m1/s1. The summed E-state index contributed by atoms with van der Waals surface area (Å²) in [6.07, 6.45) is 1.28. The molecule has 5 rings (SSSR count). The molecular weight excluding hydrogens is 591 g/mol. The molecule has 0 aliphatic carbocycles. The van der Waals surface area contributed by atoms with E-state index in [0.29, 0.717) is 24.3 Å². The van der Waals surface area contributed by atoms with E-state index in [-0.39, 0.29) is 57.0 Å². The predicted octanol–water partition coefficient (Wildman–Crippen LogP) is 7.01. The molecule has 43 heavy (non-hydrogen) atoms. The van der Waals surface area contributed by atoms with Gasteiger partial charge < -0.3 is 15.5 Å². The molecule has 1 saturated heterocycles. The van der Waals surface area contributed by atoms with E-state index in [1.807, 2.05) is 51.7 Å². The molecule has 2 atom stereocenters. The SMILES string of the molecule is C=CC(=O)N1C[C@H](C)N(C2=NS(O)(O)N(c3ccccc3C(C)(C)C)c3nc(-c4c(N)cccc4F)c(Cl)cc32)C[C@H]1C. The maximum Gasteiger partial charge on any atom is 0.246 e. The van der Waals surface area contributed by atoms with E-state index in [9.17, 15) is 13.9 Å². The second-order valence-electron chi connectivity index (χ2n) is 11.9. The maximum atomic E-state index is 15.2. The predicted molar refractivity (Wildman–Crippen MR) is 173 cm³/mol. The molecule has 1 amide bonds. The van der Waals surface area contributed by atoms with Crippen LogP contribution in [0.2, 0.25) is 5.02 Å². The van der Waals surface area contributed by atoms with Gasteiger partial charge in [0.1, 0.15) is 5.82 Å². The highest BCUT2D eigenvalue weighted by atomic mass is 35.5. The Morgan fingerprint density at radius 2 is 1.84 bits per heavy atom. The third kappa shape index (κ3) is 5.46. The summed E-state index contributed by atoms with van der Waals surface area (Å²) in [5.74, 6) is -0.381. The number of aromatic nitrogens is 1. The number of nitrogen functional groups attached to an aromatic ring is 1. The number of amides is 1. The number of pyridine rings is 1. The van der Waals surface area contributed by atoms with Crippen molar-refractivity contribution in [2.45, 2.75) is 52.1 Å². The average molecular weight is 627 g/mol. The summed E-state index contributed by atoms with van der Waals surface area (Å²) in [6.45, 7) is 14.2. The number of hydrogen-bond donors (Lipinski definition) is 3. The summed E-state index contributed by atoms with van der Waals surface area (Å²) in [7, 11) is -3.93. The lowest BCUT2D eigenvalue weighted by Crippen LogP contribution is -2.59. The molecule has 0 radical (unpaired) electrons. The Hall–Kier alpha value is -3.64. The molecule has 3 heterocycles. The van der Waals surface area contributed by atoms with Crippen LogP contribution in [-0.4, -0.2) is 60.8 Å². The molecule has 2 aliphatic heterocycles. The van der Waals surface area contributed by atoms with Gasteiger partial charge in [-0.2, -0.15) is 0 Å². The van der Waals surface area contributed by atoms with Gasteiger partial charge in [0.2, 0.25) is 5.91 Å². The van der Waals surface area contributed by atoms with Gasteiger partial charge in [0.25, 0.3) is 0 Å². The normalized spacial score (nSPS) is 20.8. The van der Waals surface area contributed by atoms with Crippen LogP contribution in [0.3, 0.4) is 0 Å². The van der Waals surface area contributed by atoms with Crippen LogP contribution in [0.5, 0.6) is 0 Å². The minimum absolute atomic E-state index is 0.0124. The fourth-order valence-corrected chi connectivity index (χ4v) is 7.23. The number of para-hydroxylation sites is 1. The zero-order valence-corrected chi connectivity index (χ0v) is 26.3. The van der Waals surface area contributed by atoms with Crippen LogP contribution in [0.15, 0.2) is 65.6 Å². The molecule has 1 aromatic heterocycles. The first-order valence-corrected chi connectivity index (χ1v) is 15.7. The lowest BCUT2D eigenvalue weighted by molar-refractivity contribution is -0.130. The maximum absolute atomic E-state index is 15.2. The Balaban J connectivity index is 1.77. The van der Waals surface area contributed by atoms with Crippen molar-refractivity contribution < 1.29 is 18.3 Å². The zero-order chi connectivity index (χ0) is 31.4. The molecule has 228 valence electrons. The molecule has 2 aliphatic rings. The van der Waals surface area contributed by atoms with Crippen LogP contribution in [0.1, 0.15) is 45.7 Å². The largest absolute Gasteiger partial charge is 0.398 e. The van der Waals surface area contributed by atoms with E-state index in [4.69, 9.17) is 22.3 Å². The van der Waals surface area contributed by atoms with E-state index in [1.54, 1.807) is 29.2 Å². The van der Waals surface area contributed by atoms with Crippen molar-refractivity contribution in [2.75, 3.05) is 23.1 Å². The van der Waals surface area contributed by atoms with Crippen molar-refractivity contribution in [3.05, 3.63) is 83.2 Å². The fourth-order valence-electron chi connectivity index (χ4n) is 5.67. The second-order valence-corrected chi connectivity index (χ2v) is 13.8. The summed E-state index contributed by atoms with van der Waals surface area (Å²) in [5, 5.41) is 0.117. The van der Waals surface area contributed by atoms with Crippen molar-refractivity contribution in [3.63, 3.8) is 0 Å². The Bertz CT molecular complexity index is 1620. The number of nitrogens with zero attached hydrogens (tertiary/aromatic N) is 5. The molecular formula is C31H36ClFN6O3S. The average Bonchev–Trinajstić information content (AvgIpc) is 2.93. The minimum Gasteiger partial charge on any atom is -0.398 e. The first-order chi connectivity index (χ1) is 20.2. The number of amidine groups is 1. The summed E-state index contributed by atoms with van der Waals surface area (Å²) in [4.78, 5) is 21.0. The number of fused-ring (bicyclic) bond motifs is 1. The number of nitrogens with two attached hydrogens (primary N) is 1. The van der Waals surface area contributed by atoms with Gasteiger partial charge in [0, 0.05) is 30.9 Å². The highest BCUT2D eigenvalue weighted by Crippen LogP contribution is 2.58. The minimum atomic E-state index is -3.93. The van der Waals surface area contributed by atoms with Gasteiger partial charge >= 0.3 is 0 Å². The van der Waals surface area contributed by atoms with Crippen LogP contribution < -0.4 is 10.0 Å². The van der Waals surface area contributed by atoms with E-state index in [0.717, 1.165) is 5.56 Å². The van der Waals surface area contributed by atoms with Crippen LogP contribution in [0.25, 0.3) is 11.3 Å². The molecule has 2 aromatic carbocycles. The number of piperazine rings is 1. The first kappa shape index (κ1) is 30.8. The van der Waals surface area contributed by atoms with Gasteiger partial charge in [-0.05, 0) is 66.1 Å². The zero-order valence-electron chi connectivity index (χ0n) is 24.8. The molecule has 12 heteroatoms. The third-order valence-electron chi connectivity index (χ3n) is 7.77. The number of halogens is 2. The number of rotatable bonds is 3. The van der Waals surface area contributed by atoms with Gasteiger partial charge in [0.05, 0.1) is 27.5 Å². The van der Waals surface area contributed by atoms with Crippen LogP contribution in [-0.2, 0) is 10.2 Å². The van der Waals surface area contributed by atoms with Crippen molar-refractivity contribution >= 4 is 51.5 Å². The van der Waals surface area contributed by atoms with Crippen LogP contribution in [0, 0.1) is 5.82 Å². The highest BCUT2D eigenvalue weighted by Gasteiger charge is 2.42. The van der Waals surface area contributed by atoms with E-state index in [2.05, 4.69) is 11.0 Å². The topological polar surface area (TPSA) is 119 Å². The molecule has 4 N–H and O–H groups in total. The molecule has 9 nitrogen and oxygen atoms in total. The summed E-state index contributed by atoms with van der Waals surface area (Å²) in [6, 6.07) is 12.8. The number of carbonyl (C=O) groups is 1. The first-order valence-electron chi connectivity index (χ1n) is 13.9. The second kappa shape index (κ2) is 11.1. The smallest absolute Gasteiger partial charge is 0.246 e. The fraction of sp³-hybridized carbons (Fsp3) is 0.323. The molecule has 0 saturated carbocycles. The van der Waals surface area contributed by atoms with Crippen LogP contribution in [0.4, 0.5) is 21.6 Å². The van der Waals surface area contributed by atoms with E-state index >= 15 is 4.39 Å². The number of anilines is 3. The van der Waals surface area contributed by atoms with E-state index in [1.165, 1.54) is 22.5 Å². The van der Waals surface area contributed by atoms with Gasteiger partial charge in [-0.15, -0.1) is 4.40 Å². The van der Waals surface area contributed by atoms with Crippen molar-refractivity contribution in [2.24, 2.45) is 4.40 Å². The summed E-state index contributed by atoms with van der Waals surface area (Å²) in [5.41, 5.74) is 7.75. The monoisotopic (exact) mass is 626 g/mol. The van der Waals surface area contributed by atoms with Crippen LogP contribution >= 0.6 is 22.6 Å². The molecule has 3 aromatic rings. The Morgan fingerprint density at radius 1 is 1.14 bits per heavy atom. The number of carbonyl (C=O) groups excluding carboxylic acids is 1.